The number of sulfonamides is 1. The molecule has 7 heteroatoms. The molecule has 0 spiro atoms. The summed E-state index contributed by atoms with van der Waals surface area (Å²) in [5.41, 5.74) is 0. The number of hydrogen-bond donors (Lipinski definition) is 1. The van der Waals surface area contributed by atoms with Crippen LogP contribution in [0.25, 0.3) is 0 Å². The van der Waals surface area contributed by atoms with Crippen LogP contribution in [0.5, 0.6) is 0 Å². The summed E-state index contributed by atoms with van der Waals surface area (Å²) >= 11 is 9.11. The number of nitrogens with zero attached hydrogens (tertiary/aromatic N) is 1. The molecular formula is C13H20BrClN2O2S. The first-order valence-corrected chi connectivity index (χ1v) is 8.91. The lowest BCUT2D eigenvalue weighted by molar-refractivity contribution is 0.233. The van der Waals surface area contributed by atoms with E-state index in [0.29, 0.717) is 22.0 Å². The average molecular weight is 384 g/mol. The Morgan fingerprint density at radius 3 is 2.40 bits per heavy atom. The molecule has 0 saturated heterocycles. The second-order valence-corrected chi connectivity index (χ2v) is 8.23. The number of likely N-dealkylation sites (N-methyl/N-ethyl adjacent to an activating group) is 1. The Kier molecular flexibility index (Phi) is 6.47. The van der Waals surface area contributed by atoms with Crippen LogP contribution >= 0.6 is 27.5 Å². The lowest BCUT2D eigenvalue weighted by Gasteiger charge is -2.28. The van der Waals surface area contributed by atoms with E-state index in [1.807, 2.05) is 19.0 Å². The van der Waals surface area contributed by atoms with Gasteiger partial charge < -0.3 is 4.90 Å². The number of nitrogens with one attached hydrogen (secondary N) is 1. The Labute approximate surface area is 134 Å². The summed E-state index contributed by atoms with van der Waals surface area (Å²) in [5, 5.41) is 0.484. The molecule has 1 unspecified atom stereocenters. The van der Waals surface area contributed by atoms with Crippen molar-refractivity contribution in [1.82, 2.24) is 9.62 Å². The summed E-state index contributed by atoms with van der Waals surface area (Å²) in [6, 6.07) is 4.70. The third-order valence-electron chi connectivity index (χ3n) is 3.12. The molecular weight excluding hydrogens is 364 g/mol. The molecule has 114 valence electrons. The highest BCUT2D eigenvalue weighted by Gasteiger charge is 2.21. The predicted octanol–water partition coefficient (Wildman–Crippen LogP) is 2.97. The van der Waals surface area contributed by atoms with Crippen molar-refractivity contribution in [2.24, 2.45) is 5.92 Å². The quantitative estimate of drug-likeness (QED) is 0.821. The zero-order valence-corrected chi connectivity index (χ0v) is 15.2. The van der Waals surface area contributed by atoms with Gasteiger partial charge in [-0.3, -0.25) is 0 Å². The van der Waals surface area contributed by atoms with Crippen LogP contribution in [0, 0.1) is 5.92 Å². The van der Waals surface area contributed by atoms with Crippen molar-refractivity contribution in [3.63, 3.8) is 0 Å². The molecule has 0 aliphatic heterocycles. The van der Waals surface area contributed by atoms with E-state index < -0.39 is 10.0 Å². The number of rotatable bonds is 6. The maximum absolute atomic E-state index is 12.3. The molecule has 20 heavy (non-hydrogen) atoms. The molecule has 1 N–H and O–H groups in total. The minimum atomic E-state index is -3.53. The summed E-state index contributed by atoms with van der Waals surface area (Å²) in [6.07, 6.45) is 0. The van der Waals surface area contributed by atoms with Gasteiger partial charge >= 0.3 is 0 Å². The van der Waals surface area contributed by atoms with E-state index in [-0.39, 0.29) is 10.9 Å². The fourth-order valence-corrected chi connectivity index (χ4v) is 3.66. The zero-order valence-electron chi connectivity index (χ0n) is 12.0. The van der Waals surface area contributed by atoms with Crippen molar-refractivity contribution < 1.29 is 8.42 Å². The van der Waals surface area contributed by atoms with E-state index in [1.54, 1.807) is 6.07 Å². The summed E-state index contributed by atoms with van der Waals surface area (Å²) in [7, 11) is 0.358. The molecule has 4 nitrogen and oxygen atoms in total. The monoisotopic (exact) mass is 382 g/mol. The van der Waals surface area contributed by atoms with Crippen LogP contribution < -0.4 is 4.72 Å². The summed E-state index contributed by atoms with van der Waals surface area (Å²) in [6.45, 7) is 4.50. The van der Waals surface area contributed by atoms with Gasteiger partial charge in [0.15, 0.2) is 0 Å². The van der Waals surface area contributed by atoms with E-state index in [1.165, 1.54) is 12.1 Å². The molecule has 0 aliphatic rings. The zero-order chi connectivity index (χ0) is 15.5. The molecule has 0 aliphatic carbocycles. The molecule has 0 bridgehead atoms. The normalized spacial score (nSPS) is 14.0. The summed E-state index contributed by atoms with van der Waals surface area (Å²) in [4.78, 5) is 2.22. The first-order valence-electron chi connectivity index (χ1n) is 6.26. The lowest BCUT2D eigenvalue weighted by Crippen LogP contribution is -2.43. The van der Waals surface area contributed by atoms with Crippen LogP contribution in [0.4, 0.5) is 0 Å². The van der Waals surface area contributed by atoms with Gasteiger partial charge in [-0.2, -0.15) is 0 Å². The maximum atomic E-state index is 12.3. The molecule has 0 heterocycles. The second-order valence-electron chi connectivity index (χ2n) is 5.20. The fourth-order valence-electron chi connectivity index (χ4n) is 1.94. The third kappa shape index (κ3) is 4.70. The van der Waals surface area contributed by atoms with E-state index in [9.17, 15) is 8.42 Å². The molecule has 1 atom stereocenters. The van der Waals surface area contributed by atoms with Crippen molar-refractivity contribution in [3.8, 4) is 0 Å². The lowest BCUT2D eigenvalue weighted by atomic mass is 10.0. The van der Waals surface area contributed by atoms with Crippen LogP contribution in [-0.2, 0) is 10.0 Å². The highest BCUT2D eigenvalue weighted by molar-refractivity contribution is 9.10. The van der Waals surface area contributed by atoms with Gasteiger partial charge in [0.2, 0.25) is 10.0 Å². The van der Waals surface area contributed by atoms with Crippen LogP contribution in [0.1, 0.15) is 13.8 Å². The van der Waals surface area contributed by atoms with Gasteiger partial charge in [-0.05, 0) is 54.1 Å². The van der Waals surface area contributed by atoms with E-state index >= 15 is 0 Å². The smallest absolute Gasteiger partial charge is 0.240 e. The average Bonchev–Trinajstić information content (AvgIpc) is 2.31. The van der Waals surface area contributed by atoms with Crippen molar-refractivity contribution >= 4 is 37.6 Å². The second kappa shape index (κ2) is 7.22. The standard InChI is InChI=1S/C13H20BrClN2O2S/c1-9(2)13(17(3)4)8-16-20(18,19)10-5-6-12(15)11(14)7-10/h5-7,9,13,16H,8H2,1-4H3. The number of benzene rings is 1. The minimum absolute atomic E-state index is 0.139. The molecule has 0 saturated carbocycles. The van der Waals surface area contributed by atoms with Crippen LogP contribution in [0.15, 0.2) is 27.6 Å². The third-order valence-corrected chi connectivity index (χ3v) is 5.75. The molecule has 0 aromatic heterocycles. The highest BCUT2D eigenvalue weighted by atomic mass is 79.9. The van der Waals surface area contributed by atoms with E-state index in [2.05, 4.69) is 34.5 Å². The Hall–Kier alpha value is -0.140. The Morgan fingerprint density at radius 1 is 1.35 bits per heavy atom. The van der Waals surface area contributed by atoms with Gasteiger partial charge in [0, 0.05) is 17.1 Å². The molecule has 1 rings (SSSR count). The van der Waals surface area contributed by atoms with Gasteiger partial charge in [0.1, 0.15) is 0 Å². The summed E-state index contributed by atoms with van der Waals surface area (Å²) in [5.74, 6) is 0.352. The first-order chi connectivity index (χ1) is 9.15. The highest BCUT2D eigenvalue weighted by Crippen LogP contribution is 2.25. The van der Waals surface area contributed by atoms with E-state index in [4.69, 9.17) is 11.6 Å². The molecule has 0 amide bonds. The Balaban J connectivity index is 2.87. The van der Waals surface area contributed by atoms with E-state index in [0.717, 1.165) is 0 Å². The molecule has 0 radical (unpaired) electrons. The SMILES string of the molecule is CC(C)C(CNS(=O)(=O)c1ccc(Cl)c(Br)c1)N(C)C. The molecule has 0 fully saturated rings. The van der Waals surface area contributed by atoms with Crippen molar-refractivity contribution in [2.45, 2.75) is 24.8 Å². The Morgan fingerprint density at radius 2 is 1.95 bits per heavy atom. The van der Waals surface area contributed by atoms with Crippen LogP contribution in [0.2, 0.25) is 5.02 Å². The topological polar surface area (TPSA) is 49.4 Å². The van der Waals surface area contributed by atoms with Gasteiger partial charge in [0.05, 0.1) is 9.92 Å². The van der Waals surface area contributed by atoms with Gasteiger partial charge in [0.25, 0.3) is 0 Å². The van der Waals surface area contributed by atoms with Gasteiger partial charge in [-0.25, -0.2) is 13.1 Å². The van der Waals surface area contributed by atoms with Crippen LogP contribution in [0.3, 0.4) is 0 Å². The minimum Gasteiger partial charge on any atom is -0.305 e. The maximum Gasteiger partial charge on any atom is 0.240 e. The van der Waals surface area contributed by atoms with Crippen molar-refractivity contribution in [1.29, 1.82) is 0 Å². The first kappa shape index (κ1) is 17.9. The van der Waals surface area contributed by atoms with Crippen molar-refractivity contribution in [3.05, 3.63) is 27.7 Å². The van der Waals surface area contributed by atoms with Crippen LogP contribution in [-0.4, -0.2) is 40.0 Å². The van der Waals surface area contributed by atoms with Crippen molar-refractivity contribution in [2.75, 3.05) is 20.6 Å². The Bertz CT molecular complexity index is 553. The fraction of sp³-hybridized carbons (Fsp3) is 0.538. The molecule has 1 aromatic carbocycles. The van der Waals surface area contributed by atoms with Gasteiger partial charge in [-0.1, -0.05) is 25.4 Å². The molecule has 1 aromatic rings. The number of hydrogen-bond acceptors (Lipinski definition) is 3. The number of halogens is 2. The predicted molar refractivity (Wildman–Crippen MR) is 86.7 cm³/mol. The largest absolute Gasteiger partial charge is 0.305 e. The van der Waals surface area contributed by atoms with Gasteiger partial charge in [-0.15, -0.1) is 0 Å². The summed E-state index contributed by atoms with van der Waals surface area (Å²) < 4.78 is 27.7.